The molecule has 1 saturated carbocycles. The lowest BCUT2D eigenvalue weighted by atomic mass is 9.83. The smallest absolute Gasteiger partial charge is 0.235 e. The SMILES string of the molecule is CC1CCCCC1N(C)C(=O)C(C)(C)C(N)=S. The topological polar surface area (TPSA) is 46.3 Å². The first kappa shape index (κ1) is 14.4. The third kappa shape index (κ3) is 2.97. The summed E-state index contributed by atoms with van der Waals surface area (Å²) in [7, 11) is 1.88. The molecule has 1 aliphatic rings. The molecule has 3 nitrogen and oxygen atoms in total. The van der Waals surface area contributed by atoms with Crippen molar-refractivity contribution in [2.45, 2.75) is 52.5 Å². The quantitative estimate of drug-likeness (QED) is 0.788. The van der Waals surface area contributed by atoms with Gasteiger partial charge in [0.15, 0.2) is 0 Å². The summed E-state index contributed by atoms with van der Waals surface area (Å²) in [5.41, 5.74) is 4.92. The Hall–Kier alpha value is -0.640. The van der Waals surface area contributed by atoms with E-state index >= 15 is 0 Å². The maximum atomic E-state index is 12.4. The van der Waals surface area contributed by atoms with Crippen LogP contribution >= 0.6 is 12.2 Å². The molecule has 0 aromatic carbocycles. The van der Waals surface area contributed by atoms with E-state index in [1.807, 2.05) is 25.8 Å². The van der Waals surface area contributed by atoms with Gasteiger partial charge in [0.05, 0.1) is 10.4 Å². The largest absolute Gasteiger partial charge is 0.392 e. The van der Waals surface area contributed by atoms with Crippen molar-refractivity contribution >= 4 is 23.1 Å². The molecule has 0 heterocycles. The van der Waals surface area contributed by atoms with Gasteiger partial charge in [0.25, 0.3) is 0 Å². The van der Waals surface area contributed by atoms with Crippen LogP contribution in [0.15, 0.2) is 0 Å². The van der Waals surface area contributed by atoms with Crippen LogP contribution in [-0.2, 0) is 4.79 Å². The summed E-state index contributed by atoms with van der Waals surface area (Å²) in [5, 5.41) is 0. The summed E-state index contributed by atoms with van der Waals surface area (Å²) >= 11 is 4.99. The molecule has 0 bridgehead atoms. The minimum absolute atomic E-state index is 0.0451. The van der Waals surface area contributed by atoms with Gasteiger partial charge in [-0.05, 0) is 32.6 Å². The maximum Gasteiger partial charge on any atom is 0.235 e. The van der Waals surface area contributed by atoms with Gasteiger partial charge in [0.2, 0.25) is 5.91 Å². The van der Waals surface area contributed by atoms with Crippen LogP contribution in [0, 0.1) is 11.3 Å². The molecular weight excluding hydrogens is 232 g/mol. The number of amides is 1. The minimum atomic E-state index is -0.735. The van der Waals surface area contributed by atoms with Crippen LogP contribution in [0.5, 0.6) is 0 Å². The molecule has 0 aromatic heterocycles. The highest BCUT2D eigenvalue weighted by Gasteiger charge is 2.37. The Labute approximate surface area is 110 Å². The normalized spacial score (nSPS) is 25.4. The monoisotopic (exact) mass is 256 g/mol. The molecule has 2 atom stereocenters. The number of hydrogen-bond donors (Lipinski definition) is 1. The van der Waals surface area contributed by atoms with Crippen LogP contribution in [0.2, 0.25) is 0 Å². The van der Waals surface area contributed by atoms with Crippen molar-refractivity contribution in [2.24, 2.45) is 17.1 Å². The molecule has 1 aliphatic carbocycles. The zero-order valence-corrected chi connectivity index (χ0v) is 12.1. The average Bonchev–Trinajstić information content (AvgIpc) is 2.27. The highest BCUT2D eigenvalue weighted by molar-refractivity contribution is 7.80. The molecule has 0 radical (unpaired) electrons. The Kier molecular flexibility index (Phi) is 4.53. The standard InChI is InChI=1S/C13H24N2OS/c1-9-7-5-6-8-10(9)15(4)12(16)13(2,3)11(14)17/h9-10H,5-8H2,1-4H3,(H2,14,17). The second-order valence-corrected chi connectivity index (χ2v) is 6.17. The van der Waals surface area contributed by atoms with Gasteiger partial charge in [-0.2, -0.15) is 0 Å². The van der Waals surface area contributed by atoms with E-state index in [-0.39, 0.29) is 10.9 Å². The molecule has 1 rings (SSSR count). The Morgan fingerprint density at radius 3 is 2.35 bits per heavy atom. The van der Waals surface area contributed by atoms with Crippen molar-refractivity contribution in [1.82, 2.24) is 4.90 Å². The number of carbonyl (C=O) groups excluding carboxylic acids is 1. The molecule has 4 heteroatoms. The molecule has 0 spiro atoms. The highest BCUT2D eigenvalue weighted by atomic mass is 32.1. The number of nitrogens with zero attached hydrogens (tertiary/aromatic N) is 1. The molecule has 0 saturated heterocycles. The van der Waals surface area contributed by atoms with Gasteiger partial charge < -0.3 is 10.6 Å². The summed E-state index contributed by atoms with van der Waals surface area (Å²) in [4.78, 5) is 14.5. The fourth-order valence-corrected chi connectivity index (χ4v) is 2.66. The molecule has 0 aliphatic heterocycles. The Morgan fingerprint density at radius 2 is 1.88 bits per heavy atom. The van der Waals surface area contributed by atoms with Crippen molar-refractivity contribution in [1.29, 1.82) is 0 Å². The van der Waals surface area contributed by atoms with Crippen LogP contribution in [-0.4, -0.2) is 28.9 Å². The van der Waals surface area contributed by atoms with Crippen molar-refractivity contribution in [2.75, 3.05) is 7.05 Å². The fraction of sp³-hybridized carbons (Fsp3) is 0.846. The Bertz CT molecular complexity index is 315. The summed E-state index contributed by atoms with van der Waals surface area (Å²) in [6.07, 6.45) is 4.78. The van der Waals surface area contributed by atoms with E-state index in [1.54, 1.807) is 0 Å². The number of thiocarbonyl (C=S) groups is 1. The molecule has 17 heavy (non-hydrogen) atoms. The van der Waals surface area contributed by atoms with Gasteiger partial charge in [-0.25, -0.2) is 0 Å². The fourth-order valence-electron chi connectivity index (χ4n) is 2.57. The molecular formula is C13H24N2OS. The highest BCUT2D eigenvalue weighted by Crippen LogP contribution is 2.30. The lowest BCUT2D eigenvalue weighted by Gasteiger charge is -2.39. The summed E-state index contributed by atoms with van der Waals surface area (Å²) in [5.74, 6) is 0.614. The zero-order chi connectivity index (χ0) is 13.2. The predicted molar refractivity (Wildman–Crippen MR) is 74.8 cm³/mol. The van der Waals surface area contributed by atoms with E-state index in [9.17, 15) is 4.79 Å². The third-order valence-electron chi connectivity index (χ3n) is 4.03. The number of rotatable bonds is 3. The third-order valence-corrected chi connectivity index (χ3v) is 4.54. The zero-order valence-electron chi connectivity index (χ0n) is 11.3. The first-order valence-corrected chi connectivity index (χ1v) is 6.76. The first-order chi connectivity index (χ1) is 7.78. The van der Waals surface area contributed by atoms with Gasteiger partial charge in [0.1, 0.15) is 0 Å². The minimum Gasteiger partial charge on any atom is -0.392 e. The molecule has 0 aromatic rings. The van der Waals surface area contributed by atoms with E-state index in [1.165, 1.54) is 19.3 Å². The van der Waals surface area contributed by atoms with E-state index in [0.29, 0.717) is 12.0 Å². The van der Waals surface area contributed by atoms with Crippen LogP contribution in [0.1, 0.15) is 46.5 Å². The number of nitrogens with two attached hydrogens (primary N) is 1. The average molecular weight is 256 g/mol. The number of hydrogen-bond acceptors (Lipinski definition) is 2. The molecule has 1 amide bonds. The summed E-state index contributed by atoms with van der Waals surface area (Å²) < 4.78 is 0. The second-order valence-electron chi connectivity index (χ2n) is 5.73. The van der Waals surface area contributed by atoms with Crippen LogP contribution in [0.4, 0.5) is 0 Å². The number of carbonyl (C=O) groups is 1. The molecule has 2 N–H and O–H groups in total. The van der Waals surface area contributed by atoms with Crippen molar-refractivity contribution in [3.63, 3.8) is 0 Å². The lowest BCUT2D eigenvalue weighted by molar-refractivity contribution is -0.139. The van der Waals surface area contributed by atoms with Crippen LogP contribution in [0.25, 0.3) is 0 Å². The van der Waals surface area contributed by atoms with Gasteiger partial charge >= 0.3 is 0 Å². The Balaban J connectivity index is 2.78. The maximum absolute atomic E-state index is 12.4. The lowest BCUT2D eigenvalue weighted by Crippen LogP contribution is -2.51. The van der Waals surface area contributed by atoms with Crippen molar-refractivity contribution in [3.8, 4) is 0 Å². The summed E-state index contributed by atoms with van der Waals surface area (Å²) in [6.45, 7) is 5.84. The van der Waals surface area contributed by atoms with Crippen molar-refractivity contribution in [3.05, 3.63) is 0 Å². The van der Waals surface area contributed by atoms with Gasteiger partial charge in [-0.1, -0.05) is 32.0 Å². The predicted octanol–water partition coefficient (Wildman–Crippen LogP) is 2.34. The van der Waals surface area contributed by atoms with E-state index in [2.05, 4.69) is 6.92 Å². The summed E-state index contributed by atoms with van der Waals surface area (Å²) in [6, 6.07) is 0.338. The molecule has 2 unspecified atom stereocenters. The van der Waals surface area contributed by atoms with E-state index < -0.39 is 5.41 Å². The van der Waals surface area contributed by atoms with E-state index in [0.717, 1.165) is 6.42 Å². The van der Waals surface area contributed by atoms with Gasteiger partial charge in [-0.3, -0.25) is 4.79 Å². The Morgan fingerprint density at radius 1 is 1.35 bits per heavy atom. The second kappa shape index (κ2) is 5.34. The van der Waals surface area contributed by atoms with E-state index in [4.69, 9.17) is 18.0 Å². The van der Waals surface area contributed by atoms with Gasteiger partial charge in [-0.15, -0.1) is 0 Å². The van der Waals surface area contributed by atoms with Crippen LogP contribution in [0.3, 0.4) is 0 Å². The van der Waals surface area contributed by atoms with Crippen LogP contribution < -0.4 is 5.73 Å². The molecule has 98 valence electrons. The van der Waals surface area contributed by atoms with Crippen molar-refractivity contribution < 1.29 is 4.79 Å². The molecule has 1 fully saturated rings. The van der Waals surface area contributed by atoms with Gasteiger partial charge in [0, 0.05) is 13.1 Å². The first-order valence-electron chi connectivity index (χ1n) is 6.35.